The molecule has 138 valence electrons. The first kappa shape index (κ1) is 18.0. The topological polar surface area (TPSA) is 68.0 Å². The first-order chi connectivity index (χ1) is 11.9. The van der Waals surface area contributed by atoms with E-state index in [0.29, 0.717) is 18.0 Å². The molecule has 0 aliphatic carbocycles. The summed E-state index contributed by atoms with van der Waals surface area (Å²) in [6.07, 6.45) is 1.77. The molecule has 1 amide bonds. The zero-order chi connectivity index (χ0) is 18.2. The standard InChI is InChI=1S/C19H29N3O3/c1-19(2)12-21(7-6-17(19)20)16-5-8-22(18(16)23)13-9-14(24-3)11-15(10-13)25-4/h9-11,16-17H,5-8,12,20H2,1-4H3. The minimum atomic E-state index is -0.0658. The van der Waals surface area contributed by atoms with Gasteiger partial charge in [-0.1, -0.05) is 13.8 Å². The van der Waals surface area contributed by atoms with Crippen molar-refractivity contribution in [2.24, 2.45) is 11.1 Å². The molecule has 2 fully saturated rings. The molecule has 2 saturated heterocycles. The number of amides is 1. The van der Waals surface area contributed by atoms with Crippen LogP contribution >= 0.6 is 0 Å². The average Bonchev–Trinajstić information content (AvgIpc) is 2.98. The number of piperidine rings is 1. The molecule has 0 saturated carbocycles. The van der Waals surface area contributed by atoms with Crippen LogP contribution in [0.1, 0.15) is 26.7 Å². The fourth-order valence-corrected chi connectivity index (χ4v) is 3.89. The summed E-state index contributed by atoms with van der Waals surface area (Å²) >= 11 is 0. The van der Waals surface area contributed by atoms with E-state index < -0.39 is 0 Å². The predicted octanol–water partition coefficient (Wildman–Crippen LogP) is 1.87. The van der Waals surface area contributed by atoms with Crippen LogP contribution in [0, 0.1) is 5.41 Å². The summed E-state index contributed by atoms with van der Waals surface area (Å²) in [6, 6.07) is 5.72. The Labute approximate surface area is 149 Å². The van der Waals surface area contributed by atoms with Crippen LogP contribution in [0.4, 0.5) is 5.69 Å². The highest BCUT2D eigenvalue weighted by atomic mass is 16.5. The maximum atomic E-state index is 13.1. The summed E-state index contributed by atoms with van der Waals surface area (Å²) in [4.78, 5) is 17.2. The van der Waals surface area contributed by atoms with Crippen LogP contribution in [0.3, 0.4) is 0 Å². The lowest BCUT2D eigenvalue weighted by molar-refractivity contribution is -0.122. The first-order valence-electron chi connectivity index (χ1n) is 8.90. The number of hydrogen-bond donors (Lipinski definition) is 1. The van der Waals surface area contributed by atoms with E-state index in [1.807, 2.05) is 23.1 Å². The van der Waals surface area contributed by atoms with Gasteiger partial charge in [-0.3, -0.25) is 9.69 Å². The molecule has 6 nitrogen and oxygen atoms in total. The van der Waals surface area contributed by atoms with Crippen molar-refractivity contribution in [1.29, 1.82) is 0 Å². The lowest BCUT2D eigenvalue weighted by atomic mass is 9.79. The van der Waals surface area contributed by atoms with Gasteiger partial charge in [0.2, 0.25) is 5.91 Å². The molecular weight excluding hydrogens is 318 g/mol. The summed E-state index contributed by atoms with van der Waals surface area (Å²) in [5.74, 6) is 1.54. The highest BCUT2D eigenvalue weighted by molar-refractivity contribution is 5.99. The molecule has 2 heterocycles. The van der Waals surface area contributed by atoms with Gasteiger partial charge in [-0.25, -0.2) is 0 Å². The molecule has 1 aromatic rings. The van der Waals surface area contributed by atoms with Crippen LogP contribution in [0.5, 0.6) is 11.5 Å². The van der Waals surface area contributed by atoms with Crippen molar-refractivity contribution < 1.29 is 14.3 Å². The summed E-state index contributed by atoms with van der Waals surface area (Å²) in [6.45, 7) is 6.83. The lowest BCUT2D eigenvalue weighted by Gasteiger charge is -2.44. The zero-order valence-electron chi connectivity index (χ0n) is 15.6. The number of likely N-dealkylation sites (tertiary alicyclic amines) is 1. The number of rotatable bonds is 4. The normalized spacial score (nSPS) is 26.8. The van der Waals surface area contributed by atoms with Gasteiger partial charge in [0.1, 0.15) is 11.5 Å². The lowest BCUT2D eigenvalue weighted by Crippen LogP contribution is -2.56. The van der Waals surface area contributed by atoms with Gasteiger partial charge < -0.3 is 20.1 Å². The molecule has 2 aliphatic rings. The molecular formula is C19H29N3O3. The Balaban J connectivity index is 1.78. The maximum absolute atomic E-state index is 13.1. The van der Waals surface area contributed by atoms with Gasteiger partial charge in [-0.15, -0.1) is 0 Å². The van der Waals surface area contributed by atoms with Gasteiger partial charge in [0, 0.05) is 43.9 Å². The van der Waals surface area contributed by atoms with Crippen molar-refractivity contribution in [3.05, 3.63) is 18.2 Å². The summed E-state index contributed by atoms with van der Waals surface area (Å²) < 4.78 is 10.7. The average molecular weight is 347 g/mol. The van der Waals surface area contributed by atoms with Crippen LogP contribution in [0.2, 0.25) is 0 Å². The maximum Gasteiger partial charge on any atom is 0.244 e. The molecule has 0 spiro atoms. The van der Waals surface area contributed by atoms with Crippen molar-refractivity contribution in [3.63, 3.8) is 0 Å². The largest absolute Gasteiger partial charge is 0.497 e. The number of carbonyl (C=O) groups is 1. The first-order valence-corrected chi connectivity index (χ1v) is 8.90. The Kier molecular flexibility index (Phi) is 4.93. The van der Waals surface area contributed by atoms with E-state index in [0.717, 1.165) is 31.6 Å². The highest BCUT2D eigenvalue weighted by Crippen LogP contribution is 2.34. The van der Waals surface area contributed by atoms with Crippen molar-refractivity contribution in [1.82, 2.24) is 4.90 Å². The third-order valence-corrected chi connectivity index (χ3v) is 5.61. The Morgan fingerprint density at radius 3 is 2.28 bits per heavy atom. The fraction of sp³-hybridized carbons (Fsp3) is 0.632. The smallest absolute Gasteiger partial charge is 0.244 e. The summed E-state index contributed by atoms with van der Waals surface area (Å²) in [7, 11) is 3.23. The second-order valence-corrected chi connectivity index (χ2v) is 7.72. The minimum Gasteiger partial charge on any atom is -0.497 e. The van der Waals surface area contributed by atoms with Crippen LogP contribution in [-0.4, -0.2) is 56.7 Å². The third kappa shape index (κ3) is 3.46. The van der Waals surface area contributed by atoms with E-state index in [9.17, 15) is 4.79 Å². The number of benzene rings is 1. The Morgan fingerprint density at radius 1 is 1.08 bits per heavy atom. The number of hydrogen-bond acceptors (Lipinski definition) is 5. The monoisotopic (exact) mass is 347 g/mol. The Morgan fingerprint density at radius 2 is 1.72 bits per heavy atom. The van der Waals surface area contributed by atoms with Crippen LogP contribution < -0.4 is 20.1 Å². The van der Waals surface area contributed by atoms with Crippen molar-refractivity contribution in [2.45, 2.75) is 38.8 Å². The molecule has 25 heavy (non-hydrogen) atoms. The second kappa shape index (κ2) is 6.84. The molecule has 0 bridgehead atoms. The van der Waals surface area contributed by atoms with Gasteiger partial charge in [-0.05, 0) is 18.3 Å². The minimum absolute atomic E-state index is 0.0329. The van der Waals surface area contributed by atoms with Crippen LogP contribution in [0.25, 0.3) is 0 Å². The second-order valence-electron chi connectivity index (χ2n) is 7.72. The quantitative estimate of drug-likeness (QED) is 0.900. The highest BCUT2D eigenvalue weighted by Gasteiger charge is 2.42. The summed E-state index contributed by atoms with van der Waals surface area (Å²) in [5.41, 5.74) is 7.10. The van der Waals surface area contributed by atoms with Gasteiger partial charge in [0.15, 0.2) is 0 Å². The molecule has 1 aromatic carbocycles. The molecule has 0 radical (unpaired) electrons. The van der Waals surface area contributed by atoms with E-state index >= 15 is 0 Å². The Bertz CT molecular complexity index is 625. The molecule has 2 unspecified atom stereocenters. The molecule has 6 heteroatoms. The number of methoxy groups -OCH3 is 2. The molecule has 3 rings (SSSR count). The third-order valence-electron chi connectivity index (χ3n) is 5.61. The number of nitrogens with two attached hydrogens (primary N) is 1. The van der Waals surface area contributed by atoms with Crippen molar-refractivity contribution >= 4 is 11.6 Å². The predicted molar refractivity (Wildman–Crippen MR) is 98.3 cm³/mol. The van der Waals surface area contributed by atoms with Gasteiger partial charge in [0.05, 0.1) is 25.9 Å². The Hall–Kier alpha value is -1.79. The fourth-order valence-electron chi connectivity index (χ4n) is 3.89. The molecule has 2 atom stereocenters. The van der Waals surface area contributed by atoms with E-state index in [4.69, 9.17) is 15.2 Å². The summed E-state index contributed by atoms with van der Waals surface area (Å²) in [5, 5.41) is 0. The SMILES string of the molecule is COc1cc(OC)cc(N2CCC(N3CCC(N)C(C)(C)C3)C2=O)c1. The van der Waals surface area contributed by atoms with Crippen LogP contribution in [0.15, 0.2) is 18.2 Å². The van der Waals surface area contributed by atoms with E-state index in [2.05, 4.69) is 18.7 Å². The van der Waals surface area contributed by atoms with E-state index in [1.165, 1.54) is 0 Å². The number of carbonyl (C=O) groups excluding carboxylic acids is 1. The van der Waals surface area contributed by atoms with Gasteiger partial charge in [0.25, 0.3) is 0 Å². The zero-order valence-corrected chi connectivity index (χ0v) is 15.6. The van der Waals surface area contributed by atoms with Crippen LogP contribution in [-0.2, 0) is 4.79 Å². The van der Waals surface area contributed by atoms with Gasteiger partial charge >= 0.3 is 0 Å². The van der Waals surface area contributed by atoms with E-state index in [1.54, 1.807) is 14.2 Å². The number of ether oxygens (including phenoxy) is 2. The van der Waals surface area contributed by atoms with Crippen molar-refractivity contribution in [2.75, 3.05) is 38.8 Å². The van der Waals surface area contributed by atoms with Crippen molar-refractivity contribution in [3.8, 4) is 11.5 Å². The number of anilines is 1. The molecule has 2 aliphatic heterocycles. The van der Waals surface area contributed by atoms with E-state index in [-0.39, 0.29) is 23.4 Å². The molecule has 0 aromatic heterocycles. The molecule has 2 N–H and O–H groups in total. The van der Waals surface area contributed by atoms with Gasteiger partial charge in [-0.2, -0.15) is 0 Å². The number of nitrogens with zero attached hydrogens (tertiary/aromatic N) is 2.